The summed E-state index contributed by atoms with van der Waals surface area (Å²) in [5.74, 6) is -1.76. The zero-order valence-electron chi connectivity index (χ0n) is 21.2. The van der Waals surface area contributed by atoms with Gasteiger partial charge < -0.3 is 29.5 Å². The first-order valence-corrected chi connectivity index (χ1v) is 14.0. The lowest BCUT2D eigenvalue weighted by Crippen LogP contribution is -2.40. The Kier molecular flexibility index (Phi) is 7.98. The Morgan fingerprint density at radius 3 is 2.23 bits per heavy atom. The molecule has 0 aliphatic carbocycles. The van der Waals surface area contributed by atoms with Gasteiger partial charge in [-0.3, -0.25) is 4.79 Å². The van der Waals surface area contributed by atoms with Crippen molar-refractivity contribution in [1.82, 2.24) is 4.31 Å². The van der Waals surface area contributed by atoms with Crippen LogP contribution in [-0.4, -0.2) is 88.9 Å². The number of rotatable bonds is 7. The van der Waals surface area contributed by atoms with Gasteiger partial charge in [-0.05, 0) is 41.1 Å². The van der Waals surface area contributed by atoms with Gasteiger partial charge in [-0.1, -0.05) is 24.3 Å². The van der Waals surface area contributed by atoms with Crippen molar-refractivity contribution < 1.29 is 37.3 Å². The second-order valence-electron chi connectivity index (χ2n) is 9.14. The van der Waals surface area contributed by atoms with E-state index in [9.17, 15) is 23.1 Å². The van der Waals surface area contributed by atoms with E-state index in [0.29, 0.717) is 45.2 Å². The fraction of sp³-hybridized carbons (Fsp3) is 0.333. The summed E-state index contributed by atoms with van der Waals surface area (Å²) in [6.45, 7) is 2.60. The number of phenols is 1. The number of fused-ring (bicyclic) bond motifs is 1. The summed E-state index contributed by atoms with van der Waals surface area (Å²) in [5.41, 5.74) is 0.848. The molecule has 2 fully saturated rings. The molecule has 5 rings (SSSR count). The lowest BCUT2D eigenvalue weighted by atomic mass is 10.1. The van der Waals surface area contributed by atoms with Crippen LogP contribution in [0.15, 0.2) is 59.5 Å². The molecule has 2 N–H and O–H groups in total. The molecule has 3 aromatic rings. The maximum absolute atomic E-state index is 13.2. The van der Waals surface area contributed by atoms with Crippen LogP contribution in [0.25, 0.3) is 10.8 Å². The molecule has 0 radical (unpaired) electrons. The summed E-state index contributed by atoms with van der Waals surface area (Å²) in [6, 6.07) is 14.8. The van der Waals surface area contributed by atoms with Gasteiger partial charge in [0.05, 0.1) is 42.7 Å². The van der Waals surface area contributed by atoms with Crippen molar-refractivity contribution in [2.45, 2.75) is 4.90 Å². The molecule has 1 amide bonds. The lowest BCUT2D eigenvalue weighted by molar-refractivity contribution is -0.119. The number of morpholine rings is 2. The van der Waals surface area contributed by atoms with E-state index < -0.39 is 28.5 Å². The number of ether oxygens (including phenoxy) is 3. The number of phenolic OH excluding ortho intramolecular Hbond substituents is 1. The summed E-state index contributed by atoms with van der Waals surface area (Å²) in [4.78, 5) is 27.6. The molecule has 0 unspecified atom stereocenters. The molecule has 0 spiro atoms. The van der Waals surface area contributed by atoms with Crippen LogP contribution in [-0.2, 0) is 29.0 Å². The highest BCUT2D eigenvalue weighted by Crippen LogP contribution is 2.31. The van der Waals surface area contributed by atoms with Gasteiger partial charge in [0.1, 0.15) is 11.3 Å². The van der Waals surface area contributed by atoms with Gasteiger partial charge in [-0.15, -0.1) is 0 Å². The average Bonchev–Trinajstić information content (AvgIpc) is 2.96. The zero-order valence-corrected chi connectivity index (χ0v) is 22.0. The van der Waals surface area contributed by atoms with Gasteiger partial charge >= 0.3 is 5.97 Å². The van der Waals surface area contributed by atoms with E-state index in [1.54, 1.807) is 24.3 Å². The normalized spacial score (nSPS) is 16.7. The standard InChI is InChI=1S/C27H29N3O8S/c31-25-16-20-4-2-1-3-19(20)15-22(25)27(33)38-18-26(32)28-23-17-21(39(34,35)30-9-13-37-14-10-30)5-6-24(23)29-7-11-36-12-8-29/h1-6,15-17,31H,7-14,18H2,(H,28,32). The second-order valence-corrected chi connectivity index (χ2v) is 11.1. The van der Waals surface area contributed by atoms with Crippen LogP contribution in [0.1, 0.15) is 10.4 Å². The molecule has 0 bridgehead atoms. The maximum Gasteiger partial charge on any atom is 0.342 e. The number of hydrogen-bond acceptors (Lipinski definition) is 9. The number of sulfonamides is 1. The molecular weight excluding hydrogens is 526 g/mol. The molecule has 2 aliphatic rings. The number of esters is 1. The van der Waals surface area contributed by atoms with E-state index in [1.807, 2.05) is 11.0 Å². The van der Waals surface area contributed by atoms with Crippen LogP contribution in [0.4, 0.5) is 11.4 Å². The lowest BCUT2D eigenvalue weighted by Gasteiger charge is -2.31. The molecule has 206 valence electrons. The second kappa shape index (κ2) is 11.6. The Morgan fingerprint density at radius 2 is 1.54 bits per heavy atom. The maximum atomic E-state index is 13.2. The SMILES string of the molecule is O=C(COC(=O)c1cc2ccccc2cc1O)Nc1cc(S(=O)(=O)N2CCOCC2)ccc1N1CCOCC1. The molecule has 12 heteroatoms. The van der Waals surface area contributed by atoms with Crippen LogP contribution in [0.5, 0.6) is 5.75 Å². The monoisotopic (exact) mass is 555 g/mol. The minimum atomic E-state index is -3.81. The quantitative estimate of drug-likeness (QED) is 0.421. The summed E-state index contributed by atoms with van der Waals surface area (Å²) < 4.78 is 43.7. The topological polar surface area (TPSA) is 135 Å². The number of amides is 1. The predicted molar refractivity (Wildman–Crippen MR) is 144 cm³/mol. The Labute approximate surface area is 225 Å². The van der Waals surface area contributed by atoms with Crippen molar-refractivity contribution in [2.75, 3.05) is 69.4 Å². The fourth-order valence-corrected chi connectivity index (χ4v) is 6.01. The Balaban J connectivity index is 1.34. The fourth-order valence-electron chi connectivity index (χ4n) is 4.58. The molecule has 0 atom stereocenters. The van der Waals surface area contributed by atoms with Crippen molar-refractivity contribution in [3.63, 3.8) is 0 Å². The molecule has 0 saturated carbocycles. The van der Waals surface area contributed by atoms with Crippen LogP contribution in [0.2, 0.25) is 0 Å². The summed E-state index contributed by atoms with van der Waals surface area (Å²) >= 11 is 0. The van der Waals surface area contributed by atoms with Gasteiger partial charge in [0, 0.05) is 26.2 Å². The minimum absolute atomic E-state index is 0.0368. The smallest absolute Gasteiger partial charge is 0.342 e. The number of nitrogens with one attached hydrogen (secondary N) is 1. The predicted octanol–water partition coefficient (Wildman–Crippen LogP) is 2.20. The van der Waals surface area contributed by atoms with E-state index in [-0.39, 0.29) is 35.0 Å². The molecule has 2 saturated heterocycles. The number of aromatic hydroxyl groups is 1. The van der Waals surface area contributed by atoms with Crippen LogP contribution in [0, 0.1) is 0 Å². The first-order valence-electron chi connectivity index (χ1n) is 12.6. The van der Waals surface area contributed by atoms with Crippen molar-refractivity contribution in [1.29, 1.82) is 0 Å². The molecule has 0 aromatic heterocycles. The number of benzene rings is 3. The third-order valence-corrected chi connectivity index (χ3v) is 8.51. The third kappa shape index (κ3) is 5.98. The number of nitrogens with zero attached hydrogens (tertiary/aromatic N) is 2. The highest BCUT2D eigenvalue weighted by atomic mass is 32.2. The van der Waals surface area contributed by atoms with Crippen molar-refractivity contribution in [2.24, 2.45) is 0 Å². The summed E-state index contributed by atoms with van der Waals surface area (Å²) in [6.07, 6.45) is 0. The number of hydrogen-bond donors (Lipinski definition) is 2. The molecule has 2 aliphatic heterocycles. The summed E-state index contributed by atoms with van der Waals surface area (Å²) in [7, 11) is -3.81. The number of carbonyl (C=O) groups excluding carboxylic acids is 2. The molecule has 11 nitrogen and oxygen atoms in total. The third-order valence-electron chi connectivity index (χ3n) is 6.62. The minimum Gasteiger partial charge on any atom is -0.507 e. The summed E-state index contributed by atoms with van der Waals surface area (Å²) in [5, 5.41) is 14.5. The van der Waals surface area contributed by atoms with E-state index in [4.69, 9.17) is 14.2 Å². The first kappa shape index (κ1) is 26.9. The van der Waals surface area contributed by atoms with Gasteiger partial charge in [0.15, 0.2) is 6.61 Å². The Hall–Kier alpha value is -3.71. The van der Waals surface area contributed by atoms with Crippen LogP contribution < -0.4 is 10.2 Å². The highest BCUT2D eigenvalue weighted by molar-refractivity contribution is 7.89. The van der Waals surface area contributed by atoms with E-state index in [1.165, 1.54) is 28.6 Å². The average molecular weight is 556 g/mol. The number of anilines is 2. The largest absolute Gasteiger partial charge is 0.507 e. The van der Waals surface area contributed by atoms with Crippen molar-refractivity contribution in [3.8, 4) is 5.75 Å². The van der Waals surface area contributed by atoms with Crippen molar-refractivity contribution >= 4 is 44.0 Å². The molecule has 3 aromatic carbocycles. The first-order chi connectivity index (χ1) is 18.8. The zero-order chi connectivity index (χ0) is 27.4. The Morgan fingerprint density at radius 1 is 0.897 bits per heavy atom. The van der Waals surface area contributed by atoms with Crippen LogP contribution in [0.3, 0.4) is 0 Å². The molecule has 39 heavy (non-hydrogen) atoms. The van der Waals surface area contributed by atoms with E-state index in [2.05, 4.69) is 5.32 Å². The van der Waals surface area contributed by atoms with Crippen molar-refractivity contribution in [3.05, 3.63) is 60.2 Å². The van der Waals surface area contributed by atoms with Crippen LogP contribution >= 0.6 is 0 Å². The highest BCUT2D eigenvalue weighted by Gasteiger charge is 2.28. The molecular formula is C27H29N3O8S. The van der Waals surface area contributed by atoms with E-state index in [0.717, 1.165) is 10.8 Å². The Bertz CT molecular complexity index is 1480. The van der Waals surface area contributed by atoms with Gasteiger partial charge in [0.2, 0.25) is 10.0 Å². The number of carbonyl (C=O) groups is 2. The van der Waals surface area contributed by atoms with Gasteiger partial charge in [-0.2, -0.15) is 4.31 Å². The van der Waals surface area contributed by atoms with E-state index >= 15 is 0 Å². The molecule has 2 heterocycles. The van der Waals surface area contributed by atoms with Gasteiger partial charge in [-0.25, -0.2) is 13.2 Å². The van der Waals surface area contributed by atoms with Gasteiger partial charge in [0.25, 0.3) is 5.91 Å².